The summed E-state index contributed by atoms with van der Waals surface area (Å²) in [6.45, 7) is 6.48. The number of hydrogen-bond donors (Lipinski definition) is 1. The molecular weight excluding hydrogens is 488 g/mol. The minimum atomic E-state index is -0.0262. The van der Waals surface area contributed by atoms with Crippen LogP contribution < -0.4 is 24.3 Å². The van der Waals surface area contributed by atoms with Crippen LogP contribution in [-0.4, -0.2) is 61.5 Å². The Morgan fingerprint density at radius 2 is 1.68 bits per heavy atom. The van der Waals surface area contributed by atoms with E-state index in [1.54, 1.807) is 21.3 Å². The number of likely N-dealkylation sites (tertiary alicyclic amines) is 1. The van der Waals surface area contributed by atoms with Crippen LogP contribution in [0.1, 0.15) is 38.1 Å². The number of methoxy groups -OCH3 is 3. The molecule has 0 unspecified atom stereocenters. The zero-order chi connectivity index (χ0) is 27.1. The molecule has 3 aromatic rings. The van der Waals surface area contributed by atoms with E-state index in [0.29, 0.717) is 47.8 Å². The molecule has 1 aromatic heterocycles. The summed E-state index contributed by atoms with van der Waals surface area (Å²) in [5, 5.41) is 7.19. The van der Waals surface area contributed by atoms with E-state index in [9.17, 15) is 4.79 Å². The SMILES string of the molecule is COc1ccc(-c2noc(CN3CCC(C(=O)NCc4ccc(OC(C)C)c(OC)c4)CC3)n2)cc1OC. The van der Waals surface area contributed by atoms with Gasteiger partial charge in [-0.2, -0.15) is 4.98 Å². The predicted octanol–water partition coefficient (Wildman–Crippen LogP) is 4.08. The minimum absolute atomic E-state index is 0.0262. The second kappa shape index (κ2) is 12.6. The molecule has 0 atom stereocenters. The quantitative estimate of drug-likeness (QED) is 0.397. The van der Waals surface area contributed by atoms with Crippen LogP contribution >= 0.6 is 0 Å². The van der Waals surface area contributed by atoms with Gasteiger partial charge in [-0.05, 0) is 75.7 Å². The first-order chi connectivity index (χ1) is 18.4. The van der Waals surface area contributed by atoms with Gasteiger partial charge < -0.3 is 28.8 Å². The van der Waals surface area contributed by atoms with Crippen molar-refractivity contribution in [3.05, 3.63) is 47.9 Å². The number of amides is 1. The maximum absolute atomic E-state index is 12.8. The molecule has 1 aliphatic rings. The Morgan fingerprint density at radius 3 is 2.37 bits per heavy atom. The zero-order valence-corrected chi connectivity index (χ0v) is 22.7. The summed E-state index contributed by atoms with van der Waals surface area (Å²) < 4.78 is 27.3. The molecule has 4 rings (SSSR count). The first kappa shape index (κ1) is 27.3. The number of piperidine rings is 1. The van der Waals surface area contributed by atoms with E-state index in [1.165, 1.54) is 0 Å². The van der Waals surface area contributed by atoms with E-state index in [4.69, 9.17) is 23.5 Å². The first-order valence-electron chi connectivity index (χ1n) is 12.8. The number of hydrogen-bond acceptors (Lipinski definition) is 9. The second-order valence-corrected chi connectivity index (χ2v) is 9.50. The minimum Gasteiger partial charge on any atom is -0.493 e. The lowest BCUT2D eigenvalue weighted by atomic mass is 9.96. The Balaban J connectivity index is 1.26. The van der Waals surface area contributed by atoms with Crippen molar-refractivity contribution in [2.75, 3.05) is 34.4 Å². The highest BCUT2D eigenvalue weighted by atomic mass is 16.5. The van der Waals surface area contributed by atoms with Crippen LogP contribution in [0.25, 0.3) is 11.4 Å². The summed E-state index contributed by atoms with van der Waals surface area (Å²) in [5.74, 6) is 3.68. The van der Waals surface area contributed by atoms with Crippen LogP contribution in [0.5, 0.6) is 23.0 Å². The van der Waals surface area contributed by atoms with Gasteiger partial charge >= 0.3 is 0 Å². The second-order valence-electron chi connectivity index (χ2n) is 9.50. The molecule has 0 bridgehead atoms. The van der Waals surface area contributed by atoms with Crippen LogP contribution in [0.4, 0.5) is 0 Å². The Kier molecular flexibility index (Phi) is 9.06. The van der Waals surface area contributed by atoms with Crippen LogP contribution in [0.15, 0.2) is 40.9 Å². The zero-order valence-electron chi connectivity index (χ0n) is 22.7. The molecule has 1 aliphatic heterocycles. The molecule has 0 saturated carbocycles. The summed E-state index contributed by atoms with van der Waals surface area (Å²) in [6, 6.07) is 11.2. The van der Waals surface area contributed by atoms with Crippen molar-refractivity contribution in [3.8, 4) is 34.4 Å². The van der Waals surface area contributed by atoms with Gasteiger partial charge in [0.15, 0.2) is 23.0 Å². The first-order valence-corrected chi connectivity index (χ1v) is 12.8. The van der Waals surface area contributed by atoms with Gasteiger partial charge in [0.25, 0.3) is 0 Å². The molecule has 38 heavy (non-hydrogen) atoms. The van der Waals surface area contributed by atoms with Gasteiger partial charge in [0.05, 0.1) is 34.0 Å². The van der Waals surface area contributed by atoms with Crippen LogP contribution in [-0.2, 0) is 17.9 Å². The van der Waals surface area contributed by atoms with Gasteiger partial charge in [-0.3, -0.25) is 9.69 Å². The third kappa shape index (κ3) is 6.74. The summed E-state index contributed by atoms with van der Waals surface area (Å²) >= 11 is 0. The van der Waals surface area contributed by atoms with Crippen LogP contribution in [0.2, 0.25) is 0 Å². The Bertz CT molecular complexity index is 1220. The lowest BCUT2D eigenvalue weighted by molar-refractivity contribution is -0.126. The normalized spacial score (nSPS) is 14.4. The monoisotopic (exact) mass is 524 g/mol. The number of nitrogens with one attached hydrogen (secondary N) is 1. The standard InChI is InChI=1S/C28H36N4O6/c1-18(2)37-23-8-6-19(14-24(23)35-4)16-29-28(33)20-10-12-32(13-11-20)17-26-30-27(31-38-26)21-7-9-22(34-3)25(15-21)36-5/h6-9,14-15,18,20H,10-13,16-17H2,1-5H3,(H,29,33). The highest BCUT2D eigenvalue weighted by Gasteiger charge is 2.26. The maximum atomic E-state index is 12.8. The highest BCUT2D eigenvalue weighted by Crippen LogP contribution is 2.32. The molecule has 2 aromatic carbocycles. The molecule has 2 heterocycles. The third-order valence-electron chi connectivity index (χ3n) is 6.48. The molecule has 10 heteroatoms. The Morgan fingerprint density at radius 1 is 1.00 bits per heavy atom. The molecule has 1 saturated heterocycles. The van der Waals surface area contributed by atoms with Gasteiger partial charge in [-0.25, -0.2) is 0 Å². The molecule has 0 spiro atoms. The van der Waals surface area contributed by atoms with Crippen molar-refractivity contribution in [2.45, 2.75) is 45.9 Å². The van der Waals surface area contributed by atoms with E-state index in [0.717, 1.165) is 37.1 Å². The number of benzene rings is 2. The largest absolute Gasteiger partial charge is 0.493 e. The number of aromatic nitrogens is 2. The fraction of sp³-hybridized carbons (Fsp3) is 0.464. The van der Waals surface area contributed by atoms with E-state index >= 15 is 0 Å². The molecule has 1 amide bonds. The van der Waals surface area contributed by atoms with Crippen LogP contribution in [0.3, 0.4) is 0 Å². The summed E-state index contributed by atoms with van der Waals surface area (Å²) in [4.78, 5) is 19.6. The number of nitrogens with zero attached hydrogens (tertiary/aromatic N) is 3. The molecule has 0 aliphatic carbocycles. The van der Waals surface area contributed by atoms with E-state index in [1.807, 2.05) is 50.2 Å². The summed E-state index contributed by atoms with van der Waals surface area (Å²) in [5.41, 5.74) is 1.75. The summed E-state index contributed by atoms with van der Waals surface area (Å²) in [6.07, 6.45) is 1.60. The topological polar surface area (TPSA) is 108 Å². The van der Waals surface area contributed by atoms with Gasteiger partial charge in [0.1, 0.15) is 0 Å². The number of carbonyl (C=O) groups excluding carboxylic acids is 1. The fourth-order valence-electron chi connectivity index (χ4n) is 4.46. The molecule has 0 radical (unpaired) electrons. The van der Waals surface area contributed by atoms with Crippen molar-refractivity contribution in [1.82, 2.24) is 20.4 Å². The van der Waals surface area contributed by atoms with Crippen LogP contribution in [0, 0.1) is 5.92 Å². The fourth-order valence-corrected chi connectivity index (χ4v) is 4.46. The molecule has 1 N–H and O–H groups in total. The lowest BCUT2D eigenvalue weighted by Gasteiger charge is -2.30. The molecule has 1 fully saturated rings. The van der Waals surface area contributed by atoms with E-state index in [-0.39, 0.29) is 17.9 Å². The highest BCUT2D eigenvalue weighted by molar-refractivity contribution is 5.78. The Hall–Kier alpha value is -3.79. The van der Waals surface area contributed by atoms with Crippen molar-refractivity contribution < 1.29 is 28.3 Å². The lowest BCUT2D eigenvalue weighted by Crippen LogP contribution is -2.40. The van der Waals surface area contributed by atoms with E-state index in [2.05, 4.69) is 20.4 Å². The third-order valence-corrected chi connectivity index (χ3v) is 6.48. The average Bonchev–Trinajstić information content (AvgIpc) is 3.40. The average molecular weight is 525 g/mol. The van der Waals surface area contributed by atoms with Gasteiger partial charge in [-0.1, -0.05) is 11.2 Å². The smallest absolute Gasteiger partial charge is 0.241 e. The number of rotatable bonds is 11. The predicted molar refractivity (Wildman–Crippen MR) is 141 cm³/mol. The van der Waals surface area contributed by atoms with Gasteiger partial charge in [0.2, 0.25) is 17.6 Å². The molecule has 10 nitrogen and oxygen atoms in total. The molecule has 204 valence electrons. The summed E-state index contributed by atoms with van der Waals surface area (Å²) in [7, 11) is 4.80. The Labute approximate surface area is 223 Å². The van der Waals surface area contributed by atoms with Crippen molar-refractivity contribution in [3.63, 3.8) is 0 Å². The van der Waals surface area contributed by atoms with Gasteiger partial charge in [0, 0.05) is 18.0 Å². The number of carbonyl (C=O) groups is 1. The maximum Gasteiger partial charge on any atom is 0.241 e. The van der Waals surface area contributed by atoms with Gasteiger partial charge in [-0.15, -0.1) is 0 Å². The number of ether oxygens (including phenoxy) is 4. The molecular formula is C28H36N4O6. The van der Waals surface area contributed by atoms with Crippen molar-refractivity contribution in [1.29, 1.82) is 0 Å². The van der Waals surface area contributed by atoms with E-state index < -0.39 is 0 Å². The van der Waals surface area contributed by atoms with Crippen molar-refractivity contribution >= 4 is 5.91 Å². The van der Waals surface area contributed by atoms with Crippen molar-refractivity contribution in [2.24, 2.45) is 5.92 Å².